The molecule has 0 aromatic rings. The van der Waals surface area contributed by atoms with Crippen LogP contribution in [0.3, 0.4) is 0 Å². The number of hydrogen-bond donors (Lipinski definition) is 5. The number of allylic oxidation sites excluding steroid dienone is 4. The quantitative estimate of drug-likeness (QED) is 0.0357. The molecule has 0 aromatic heterocycles. The van der Waals surface area contributed by atoms with Crippen LogP contribution < -0.4 is 5.32 Å². The summed E-state index contributed by atoms with van der Waals surface area (Å²) in [6.07, 6.45) is 36.2. The van der Waals surface area contributed by atoms with E-state index in [1.165, 1.54) is 116 Å². The van der Waals surface area contributed by atoms with Gasteiger partial charge in [0.25, 0.3) is 0 Å². The average molecular weight is 638 g/mol. The standard InChI is InChI=1S/C39H75NO5/c1-3-5-7-9-11-13-15-17-18-19-21-23-25-27-29-31-33-37(43)39(45)40-35(34-41)38(44)36(42)32-30-28-26-24-22-20-16-14-12-10-8-6-4-2/h17-18,24,26,35-38,41-44H,3-16,19-23,25,27-34H2,1-2H3,(H,40,45)/b18-17-,26-24+. The number of aliphatic hydroxyl groups excluding tert-OH is 4. The van der Waals surface area contributed by atoms with Crippen LogP contribution in [-0.2, 0) is 4.79 Å². The van der Waals surface area contributed by atoms with Crippen molar-refractivity contribution in [2.24, 2.45) is 0 Å². The Morgan fingerprint density at radius 2 is 0.911 bits per heavy atom. The zero-order valence-electron chi connectivity index (χ0n) is 29.6. The summed E-state index contributed by atoms with van der Waals surface area (Å²) in [5.74, 6) is -0.600. The van der Waals surface area contributed by atoms with Gasteiger partial charge in [0.1, 0.15) is 12.2 Å². The van der Waals surface area contributed by atoms with Crippen molar-refractivity contribution in [2.75, 3.05) is 6.61 Å². The Morgan fingerprint density at radius 3 is 1.33 bits per heavy atom. The van der Waals surface area contributed by atoms with Gasteiger partial charge >= 0.3 is 0 Å². The van der Waals surface area contributed by atoms with E-state index >= 15 is 0 Å². The zero-order valence-corrected chi connectivity index (χ0v) is 29.6. The van der Waals surface area contributed by atoms with Gasteiger partial charge < -0.3 is 25.7 Å². The highest BCUT2D eigenvalue weighted by Crippen LogP contribution is 2.14. The first-order chi connectivity index (χ1) is 22.0. The molecule has 0 saturated carbocycles. The number of carbonyl (C=O) groups excluding carboxylic acids is 1. The van der Waals surface area contributed by atoms with Crippen molar-refractivity contribution < 1.29 is 25.2 Å². The Labute approximate surface area is 278 Å². The Bertz CT molecular complexity index is 682. The van der Waals surface area contributed by atoms with Crippen LogP contribution in [0.25, 0.3) is 0 Å². The zero-order chi connectivity index (χ0) is 33.2. The summed E-state index contributed by atoms with van der Waals surface area (Å²) < 4.78 is 0. The molecule has 1 amide bonds. The monoisotopic (exact) mass is 638 g/mol. The molecule has 0 radical (unpaired) electrons. The van der Waals surface area contributed by atoms with Crippen LogP contribution >= 0.6 is 0 Å². The van der Waals surface area contributed by atoms with Crippen molar-refractivity contribution in [1.82, 2.24) is 5.32 Å². The van der Waals surface area contributed by atoms with Crippen LogP contribution in [0.15, 0.2) is 24.3 Å². The molecule has 4 unspecified atom stereocenters. The van der Waals surface area contributed by atoms with Crippen molar-refractivity contribution >= 4 is 5.91 Å². The molecule has 0 aliphatic rings. The van der Waals surface area contributed by atoms with Gasteiger partial charge in [-0.3, -0.25) is 4.79 Å². The lowest BCUT2D eigenvalue weighted by molar-refractivity contribution is -0.132. The number of hydrogen-bond acceptors (Lipinski definition) is 5. The first kappa shape index (κ1) is 43.8. The number of carbonyl (C=O) groups is 1. The number of nitrogens with one attached hydrogen (secondary N) is 1. The number of amides is 1. The van der Waals surface area contributed by atoms with Crippen molar-refractivity contribution in [2.45, 2.75) is 212 Å². The average Bonchev–Trinajstić information content (AvgIpc) is 3.04. The van der Waals surface area contributed by atoms with Crippen LogP contribution in [0.4, 0.5) is 0 Å². The maximum absolute atomic E-state index is 12.4. The minimum atomic E-state index is -1.28. The van der Waals surface area contributed by atoms with E-state index in [0.29, 0.717) is 12.8 Å². The molecule has 0 fully saturated rings. The van der Waals surface area contributed by atoms with Crippen molar-refractivity contribution in [3.8, 4) is 0 Å². The molecule has 5 N–H and O–H groups in total. The van der Waals surface area contributed by atoms with Gasteiger partial charge in [0.2, 0.25) is 5.91 Å². The molecular formula is C39H75NO5. The Balaban J connectivity index is 3.85. The summed E-state index contributed by atoms with van der Waals surface area (Å²) in [6.45, 7) is 4.00. The van der Waals surface area contributed by atoms with Gasteiger partial charge in [-0.1, -0.05) is 147 Å². The van der Waals surface area contributed by atoms with Crippen molar-refractivity contribution in [3.05, 3.63) is 24.3 Å². The second kappa shape index (κ2) is 34.1. The fraction of sp³-hybridized carbons (Fsp3) is 0.872. The Hall–Kier alpha value is -1.21. The Morgan fingerprint density at radius 1 is 0.533 bits per heavy atom. The summed E-state index contributed by atoms with van der Waals surface area (Å²) in [5, 5.41) is 43.4. The maximum atomic E-state index is 12.4. The summed E-state index contributed by atoms with van der Waals surface area (Å²) >= 11 is 0. The molecule has 0 spiro atoms. The lowest BCUT2D eigenvalue weighted by Gasteiger charge is -2.27. The first-order valence-electron chi connectivity index (χ1n) is 19.2. The molecule has 0 rings (SSSR count). The third-order valence-electron chi connectivity index (χ3n) is 8.88. The molecule has 45 heavy (non-hydrogen) atoms. The molecule has 266 valence electrons. The predicted molar refractivity (Wildman–Crippen MR) is 191 cm³/mol. The van der Waals surface area contributed by atoms with E-state index in [0.717, 1.165) is 44.9 Å². The molecule has 0 heterocycles. The molecule has 0 aromatic carbocycles. The van der Waals surface area contributed by atoms with E-state index in [1.54, 1.807) is 0 Å². The van der Waals surface area contributed by atoms with Crippen LogP contribution in [0.5, 0.6) is 0 Å². The van der Waals surface area contributed by atoms with Crippen molar-refractivity contribution in [1.29, 1.82) is 0 Å². The van der Waals surface area contributed by atoms with E-state index in [4.69, 9.17) is 0 Å². The highest BCUT2D eigenvalue weighted by Gasteiger charge is 2.28. The van der Waals surface area contributed by atoms with Gasteiger partial charge in [-0.2, -0.15) is 0 Å². The summed E-state index contributed by atoms with van der Waals surface area (Å²) in [7, 11) is 0. The normalized spacial score (nSPS) is 14.7. The van der Waals surface area contributed by atoms with Gasteiger partial charge in [0.05, 0.1) is 18.8 Å². The lowest BCUT2D eigenvalue weighted by atomic mass is 10.00. The highest BCUT2D eigenvalue weighted by molar-refractivity contribution is 5.80. The SMILES string of the molecule is CCCCCCCC/C=C\CCCCCCCCC(O)C(=O)NC(CO)C(O)C(O)CCC/C=C/CCCCCCCCCC. The number of rotatable bonds is 34. The third kappa shape index (κ3) is 28.7. The van der Waals surface area contributed by atoms with Crippen LogP contribution in [0.2, 0.25) is 0 Å². The minimum absolute atomic E-state index is 0.356. The van der Waals surface area contributed by atoms with E-state index in [9.17, 15) is 25.2 Å². The summed E-state index contributed by atoms with van der Waals surface area (Å²) in [6, 6.07) is -1.00. The fourth-order valence-electron chi connectivity index (χ4n) is 5.75. The molecule has 0 saturated heterocycles. The minimum Gasteiger partial charge on any atom is -0.394 e. The molecular weight excluding hydrogens is 562 g/mol. The second-order valence-corrected chi connectivity index (χ2v) is 13.3. The number of aliphatic hydroxyl groups is 4. The van der Waals surface area contributed by atoms with Crippen LogP contribution in [0.1, 0.15) is 187 Å². The van der Waals surface area contributed by atoms with E-state index in [1.807, 2.05) is 0 Å². The largest absolute Gasteiger partial charge is 0.394 e. The summed E-state index contributed by atoms with van der Waals surface area (Å²) in [5.41, 5.74) is 0. The van der Waals surface area contributed by atoms with E-state index < -0.39 is 36.9 Å². The van der Waals surface area contributed by atoms with Gasteiger partial charge in [-0.25, -0.2) is 0 Å². The smallest absolute Gasteiger partial charge is 0.249 e. The van der Waals surface area contributed by atoms with Crippen molar-refractivity contribution in [3.63, 3.8) is 0 Å². The predicted octanol–water partition coefficient (Wildman–Crippen LogP) is 9.23. The maximum Gasteiger partial charge on any atom is 0.249 e. The van der Waals surface area contributed by atoms with Gasteiger partial charge in [-0.15, -0.1) is 0 Å². The molecule has 6 nitrogen and oxygen atoms in total. The van der Waals surface area contributed by atoms with E-state index in [-0.39, 0.29) is 0 Å². The molecule has 0 aliphatic carbocycles. The molecule has 0 aliphatic heterocycles. The van der Waals surface area contributed by atoms with Gasteiger partial charge in [-0.05, 0) is 64.2 Å². The molecule has 6 heteroatoms. The van der Waals surface area contributed by atoms with Crippen LogP contribution in [0, 0.1) is 0 Å². The fourth-order valence-corrected chi connectivity index (χ4v) is 5.75. The molecule has 4 atom stereocenters. The van der Waals surface area contributed by atoms with Gasteiger partial charge in [0, 0.05) is 0 Å². The second-order valence-electron chi connectivity index (χ2n) is 13.3. The van der Waals surface area contributed by atoms with E-state index in [2.05, 4.69) is 43.5 Å². The topological polar surface area (TPSA) is 110 Å². The molecule has 0 bridgehead atoms. The summed E-state index contributed by atoms with van der Waals surface area (Å²) in [4.78, 5) is 12.4. The van der Waals surface area contributed by atoms with Crippen LogP contribution in [-0.4, -0.2) is 57.3 Å². The highest BCUT2D eigenvalue weighted by atomic mass is 16.3. The first-order valence-corrected chi connectivity index (χ1v) is 19.2. The van der Waals surface area contributed by atoms with Gasteiger partial charge in [0.15, 0.2) is 0 Å². The number of unbranched alkanes of at least 4 members (excludes halogenated alkanes) is 21. The third-order valence-corrected chi connectivity index (χ3v) is 8.88. The Kier molecular flexibility index (Phi) is 33.2. The lowest BCUT2D eigenvalue weighted by Crippen LogP contribution is -2.53.